The molecule has 11 nitrogen and oxygen atoms in total. The second-order valence-electron chi connectivity index (χ2n) is 3.11. The Hall–Kier alpha value is -3.02. The van der Waals surface area contributed by atoms with Crippen molar-refractivity contribution in [2.75, 3.05) is 13.2 Å². The smallest absolute Gasteiger partial charge is 0.328 e. The molecule has 0 amide bonds. The fourth-order valence-corrected chi connectivity index (χ4v) is 0.200. The Morgan fingerprint density at radius 2 is 0.917 bits per heavy atom. The summed E-state index contributed by atoms with van der Waals surface area (Å²) in [5.41, 5.74) is 0. The largest absolute Gasteiger partial charge is 0.478 e. The van der Waals surface area contributed by atoms with Crippen molar-refractivity contribution >= 4 is 23.9 Å². The van der Waals surface area contributed by atoms with E-state index < -0.39 is 30.0 Å². The van der Waals surface area contributed by atoms with Gasteiger partial charge in [0.15, 0.2) is 0 Å². The molecule has 0 heterocycles. The third kappa shape index (κ3) is 61.6. The second-order valence-corrected chi connectivity index (χ2v) is 3.11. The summed E-state index contributed by atoms with van der Waals surface area (Å²) in [5.74, 6) is -4.48. The van der Waals surface area contributed by atoms with Crippen molar-refractivity contribution < 1.29 is 54.9 Å². The highest BCUT2D eigenvalue weighted by Gasteiger charge is 1.93. The van der Waals surface area contributed by atoms with Crippen molar-refractivity contribution in [2.45, 2.75) is 6.10 Å². The van der Waals surface area contributed by atoms with Gasteiger partial charge in [-0.1, -0.05) is 13.2 Å². The molecule has 0 rings (SSSR count). The molecule has 0 aliphatic carbocycles. The molecule has 0 bridgehead atoms. The maximum atomic E-state index is 9.55. The van der Waals surface area contributed by atoms with Crippen LogP contribution in [0, 0.1) is 0 Å². The van der Waals surface area contributed by atoms with E-state index in [0.29, 0.717) is 12.2 Å². The lowest BCUT2D eigenvalue weighted by atomic mass is 10.4. The summed E-state index contributed by atoms with van der Waals surface area (Å²) in [5, 5.41) is 54.8. The summed E-state index contributed by atoms with van der Waals surface area (Å²) in [7, 11) is 0. The molecule has 7 N–H and O–H groups in total. The predicted molar refractivity (Wildman–Crippen MR) is 80.3 cm³/mol. The Kier molecular flexibility index (Phi) is 26.9. The van der Waals surface area contributed by atoms with Crippen LogP contribution in [0.15, 0.2) is 37.5 Å². The molecule has 24 heavy (non-hydrogen) atoms. The van der Waals surface area contributed by atoms with Gasteiger partial charge in [-0.3, -0.25) is 0 Å². The highest BCUT2D eigenvalue weighted by molar-refractivity contribution is 5.89. The minimum Gasteiger partial charge on any atom is -0.478 e. The summed E-state index contributed by atoms with van der Waals surface area (Å²) in [6.07, 6.45) is 1.83. The van der Waals surface area contributed by atoms with Crippen LogP contribution < -0.4 is 0 Å². The maximum Gasteiger partial charge on any atom is 0.328 e. The van der Waals surface area contributed by atoms with E-state index in [1.54, 1.807) is 0 Å². The quantitative estimate of drug-likeness (QED) is 0.275. The lowest BCUT2D eigenvalue weighted by Gasteiger charge is -1.96. The van der Waals surface area contributed by atoms with Crippen LogP contribution in [-0.2, 0) is 19.2 Å². The monoisotopic (exact) mass is 352 g/mol. The summed E-state index contributed by atoms with van der Waals surface area (Å²) in [4.78, 5) is 37.6. The van der Waals surface area contributed by atoms with Crippen molar-refractivity contribution in [3.63, 3.8) is 0 Å². The number of carboxylic acid groups (broad SMARTS) is 4. The number of carbonyl (C=O) groups is 4. The van der Waals surface area contributed by atoms with E-state index in [1.165, 1.54) is 0 Å². The van der Waals surface area contributed by atoms with E-state index in [2.05, 4.69) is 13.2 Å². The van der Waals surface area contributed by atoms with Crippen LogP contribution in [0.2, 0.25) is 0 Å². The first kappa shape index (κ1) is 29.0. The molecule has 0 saturated heterocycles. The number of hydrogen-bond acceptors (Lipinski definition) is 7. The second kappa shape index (κ2) is 22.3. The molecule has 11 heteroatoms. The van der Waals surface area contributed by atoms with Gasteiger partial charge in [-0.2, -0.15) is 0 Å². The van der Waals surface area contributed by atoms with E-state index in [4.69, 9.17) is 35.7 Å². The Balaban J connectivity index is -0.000000114. The van der Waals surface area contributed by atoms with Crippen molar-refractivity contribution in [3.05, 3.63) is 37.5 Å². The zero-order valence-corrected chi connectivity index (χ0v) is 12.5. The van der Waals surface area contributed by atoms with Crippen molar-refractivity contribution in [1.29, 1.82) is 0 Å². The molecule has 0 radical (unpaired) electrons. The van der Waals surface area contributed by atoms with Crippen LogP contribution in [0.5, 0.6) is 0 Å². The summed E-state index contributed by atoms with van der Waals surface area (Å²) >= 11 is 0. The van der Waals surface area contributed by atoms with Crippen molar-refractivity contribution in [1.82, 2.24) is 0 Å². The van der Waals surface area contributed by atoms with Crippen LogP contribution in [-0.4, -0.2) is 78.9 Å². The summed E-state index contributed by atoms with van der Waals surface area (Å²) in [6.45, 7) is 5.19. The van der Waals surface area contributed by atoms with Gasteiger partial charge in [0.05, 0.1) is 13.2 Å². The molecular formula is C13H20O11. The normalized spacial score (nSPS) is 8.33. The number of aliphatic hydroxyl groups excluding tert-OH is 3. The summed E-state index contributed by atoms with van der Waals surface area (Å²) in [6, 6.07) is 0. The van der Waals surface area contributed by atoms with Gasteiger partial charge < -0.3 is 35.7 Å². The van der Waals surface area contributed by atoms with Gasteiger partial charge in [0.1, 0.15) is 6.10 Å². The van der Waals surface area contributed by atoms with Crippen LogP contribution >= 0.6 is 0 Å². The molecule has 0 atom stereocenters. The van der Waals surface area contributed by atoms with Gasteiger partial charge in [0.2, 0.25) is 0 Å². The lowest BCUT2D eigenvalue weighted by molar-refractivity contribution is -0.134. The van der Waals surface area contributed by atoms with E-state index in [9.17, 15) is 19.2 Å². The number of aliphatic hydroxyl groups is 3. The molecule has 0 aliphatic heterocycles. The first-order valence-corrected chi connectivity index (χ1v) is 5.72. The Morgan fingerprint density at radius 1 is 0.708 bits per heavy atom. The minimum atomic E-state index is -1.26. The predicted octanol–water partition coefficient (Wildman–Crippen LogP) is -1.44. The van der Waals surface area contributed by atoms with Gasteiger partial charge in [-0.05, 0) is 0 Å². The Bertz CT molecular complexity index is 388. The van der Waals surface area contributed by atoms with E-state index in [-0.39, 0.29) is 13.2 Å². The zero-order valence-electron chi connectivity index (χ0n) is 12.5. The molecule has 0 fully saturated rings. The van der Waals surface area contributed by atoms with Crippen LogP contribution in [0.25, 0.3) is 0 Å². The third-order valence-electron chi connectivity index (χ3n) is 1.14. The number of carboxylic acids is 4. The molecular weight excluding hydrogens is 332 g/mol. The number of rotatable bonds is 6. The molecule has 0 aromatic carbocycles. The Labute approximate surface area is 136 Å². The van der Waals surface area contributed by atoms with E-state index in [1.807, 2.05) is 0 Å². The fourth-order valence-electron chi connectivity index (χ4n) is 0.200. The first-order valence-electron chi connectivity index (χ1n) is 5.72. The molecule has 138 valence electrons. The van der Waals surface area contributed by atoms with Gasteiger partial charge in [-0.25, -0.2) is 19.2 Å². The van der Waals surface area contributed by atoms with Gasteiger partial charge in [-0.15, -0.1) is 0 Å². The molecule has 0 aliphatic rings. The number of hydrogen-bond donors (Lipinski definition) is 7. The number of aliphatic carboxylic acids is 4. The Morgan fingerprint density at radius 3 is 0.958 bits per heavy atom. The molecule has 0 saturated carbocycles. The average Bonchev–Trinajstić information content (AvgIpc) is 2.53. The topological polar surface area (TPSA) is 210 Å². The standard InChI is InChI=1S/C4H4O4.C3H8O3.2C3H4O2/c5-3(6)1-2-4(7)8;4-1-3(6)2-5;2*1-2-3(4)5/h1-2H,(H,5,6)(H,7,8);3-6H,1-2H2;2*2H,1H2,(H,4,5). The van der Waals surface area contributed by atoms with E-state index >= 15 is 0 Å². The summed E-state index contributed by atoms with van der Waals surface area (Å²) < 4.78 is 0. The van der Waals surface area contributed by atoms with Crippen LogP contribution in [0.4, 0.5) is 0 Å². The maximum absolute atomic E-state index is 9.55. The minimum absolute atomic E-state index is 0.365. The van der Waals surface area contributed by atoms with Crippen molar-refractivity contribution in [2.24, 2.45) is 0 Å². The fraction of sp³-hybridized carbons (Fsp3) is 0.231. The first-order chi connectivity index (χ1) is 11.0. The SMILES string of the molecule is C=CC(=O)O.C=CC(=O)O.O=C(O)C=CC(=O)O.OCC(O)CO. The zero-order chi connectivity index (χ0) is 20.1. The molecule has 0 spiro atoms. The molecule has 0 aromatic rings. The average molecular weight is 352 g/mol. The van der Waals surface area contributed by atoms with Crippen molar-refractivity contribution in [3.8, 4) is 0 Å². The van der Waals surface area contributed by atoms with Gasteiger partial charge in [0.25, 0.3) is 0 Å². The van der Waals surface area contributed by atoms with E-state index in [0.717, 1.165) is 12.2 Å². The van der Waals surface area contributed by atoms with Gasteiger partial charge in [0, 0.05) is 24.3 Å². The lowest BCUT2D eigenvalue weighted by Crippen LogP contribution is -2.15. The third-order valence-corrected chi connectivity index (χ3v) is 1.14. The van der Waals surface area contributed by atoms with Gasteiger partial charge >= 0.3 is 23.9 Å². The van der Waals surface area contributed by atoms with Crippen LogP contribution in [0.1, 0.15) is 0 Å². The highest BCUT2D eigenvalue weighted by Crippen LogP contribution is 1.72. The molecule has 0 aromatic heterocycles. The highest BCUT2D eigenvalue weighted by atomic mass is 16.4. The molecule has 0 unspecified atom stereocenters. The van der Waals surface area contributed by atoms with Crippen LogP contribution in [0.3, 0.4) is 0 Å².